The van der Waals surface area contributed by atoms with Gasteiger partial charge in [-0.15, -0.1) is 0 Å². The van der Waals surface area contributed by atoms with Crippen LogP contribution in [0, 0.1) is 0 Å². The number of fused-ring (bicyclic) bond motifs is 2. The lowest BCUT2D eigenvalue weighted by atomic mass is 9.81. The molecule has 2 heterocycles. The van der Waals surface area contributed by atoms with Crippen molar-refractivity contribution in [1.82, 2.24) is 15.5 Å². The molecule has 0 aliphatic carbocycles. The largest absolute Gasteiger partial charge is 0.354 e. The summed E-state index contributed by atoms with van der Waals surface area (Å²) in [6.07, 6.45) is 8.17. The van der Waals surface area contributed by atoms with Crippen molar-refractivity contribution in [3.8, 4) is 0 Å². The van der Waals surface area contributed by atoms with Crippen LogP contribution in [0.4, 0.5) is 0 Å². The molecule has 0 aromatic heterocycles. The van der Waals surface area contributed by atoms with Crippen LogP contribution in [0.5, 0.6) is 0 Å². The fourth-order valence-corrected chi connectivity index (χ4v) is 3.98. The van der Waals surface area contributed by atoms with Crippen LogP contribution in [0.2, 0.25) is 0 Å². The smallest absolute Gasteiger partial charge is 0.221 e. The van der Waals surface area contributed by atoms with Gasteiger partial charge in [-0.1, -0.05) is 20.3 Å². The third kappa shape index (κ3) is 4.68. The number of carbonyl (C=O) groups is 1. The highest BCUT2D eigenvalue weighted by molar-refractivity contribution is 5.76. The molecule has 2 fully saturated rings. The molecule has 2 aliphatic heterocycles. The van der Waals surface area contributed by atoms with Gasteiger partial charge in [-0.3, -0.25) is 9.69 Å². The lowest BCUT2D eigenvalue weighted by molar-refractivity contribution is -0.122. The van der Waals surface area contributed by atoms with E-state index in [1.165, 1.54) is 32.1 Å². The van der Waals surface area contributed by atoms with Crippen LogP contribution in [-0.4, -0.2) is 48.1 Å². The summed E-state index contributed by atoms with van der Waals surface area (Å²) in [5, 5.41) is 6.71. The molecule has 122 valence electrons. The average Bonchev–Trinajstić information content (AvgIpc) is 2.45. The number of rotatable bonds is 7. The summed E-state index contributed by atoms with van der Waals surface area (Å²) in [7, 11) is 0. The summed E-state index contributed by atoms with van der Waals surface area (Å²) < 4.78 is 0. The predicted octanol–water partition coefficient (Wildman–Crippen LogP) is 2.29. The Bertz CT molecular complexity index is 320. The first kappa shape index (κ1) is 16.8. The van der Waals surface area contributed by atoms with Gasteiger partial charge in [-0.2, -0.15) is 0 Å². The highest BCUT2D eigenvalue weighted by Gasteiger charge is 2.37. The maximum Gasteiger partial charge on any atom is 0.221 e. The molecule has 2 bridgehead atoms. The number of hydrogen-bond acceptors (Lipinski definition) is 3. The van der Waals surface area contributed by atoms with Crippen LogP contribution in [0.1, 0.15) is 65.7 Å². The van der Waals surface area contributed by atoms with Gasteiger partial charge < -0.3 is 10.6 Å². The highest BCUT2D eigenvalue weighted by Crippen LogP contribution is 2.34. The van der Waals surface area contributed by atoms with Gasteiger partial charge in [0, 0.05) is 37.1 Å². The van der Waals surface area contributed by atoms with Crippen molar-refractivity contribution in [2.45, 2.75) is 89.9 Å². The highest BCUT2D eigenvalue weighted by atomic mass is 16.1. The van der Waals surface area contributed by atoms with Crippen molar-refractivity contribution >= 4 is 5.91 Å². The summed E-state index contributed by atoms with van der Waals surface area (Å²) in [6, 6.07) is 2.38. The van der Waals surface area contributed by atoms with E-state index in [4.69, 9.17) is 0 Å². The van der Waals surface area contributed by atoms with E-state index in [1.807, 2.05) is 0 Å². The van der Waals surface area contributed by atoms with Crippen LogP contribution in [-0.2, 0) is 4.79 Å². The van der Waals surface area contributed by atoms with Crippen molar-refractivity contribution in [2.75, 3.05) is 13.1 Å². The maximum absolute atomic E-state index is 12.0. The van der Waals surface area contributed by atoms with Gasteiger partial charge in [0.05, 0.1) is 0 Å². The third-order valence-corrected chi connectivity index (χ3v) is 5.24. The van der Waals surface area contributed by atoms with E-state index in [-0.39, 0.29) is 5.91 Å². The zero-order chi connectivity index (χ0) is 15.2. The number of nitrogens with one attached hydrogen (secondary N) is 2. The van der Waals surface area contributed by atoms with E-state index < -0.39 is 0 Å². The fraction of sp³-hybridized carbons (Fsp3) is 0.941. The molecule has 1 amide bonds. The second-order valence-corrected chi connectivity index (χ2v) is 6.83. The number of carbonyl (C=O) groups excluding carboxylic acids is 1. The normalized spacial score (nSPS) is 30.9. The van der Waals surface area contributed by atoms with Crippen LogP contribution in [0.15, 0.2) is 0 Å². The van der Waals surface area contributed by atoms with E-state index in [9.17, 15) is 4.79 Å². The maximum atomic E-state index is 12.0. The van der Waals surface area contributed by atoms with Crippen molar-refractivity contribution in [1.29, 1.82) is 0 Å². The Balaban J connectivity index is 1.81. The molecule has 0 radical (unpaired) electrons. The molecule has 2 saturated heterocycles. The number of hydrogen-bond donors (Lipinski definition) is 2. The van der Waals surface area contributed by atoms with Crippen LogP contribution in [0.3, 0.4) is 0 Å². The number of piperidine rings is 2. The van der Waals surface area contributed by atoms with Gasteiger partial charge in [-0.05, 0) is 45.6 Å². The molecule has 4 nitrogen and oxygen atoms in total. The second-order valence-electron chi connectivity index (χ2n) is 6.83. The number of nitrogens with zero attached hydrogens (tertiary/aromatic N) is 1. The molecule has 3 unspecified atom stereocenters. The Morgan fingerprint density at radius 3 is 2.48 bits per heavy atom. The fourth-order valence-electron chi connectivity index (χ4n) is 3.98. The Hall–Kier alpha value is -0.610. The molecule has 4 heteroatoms. The van der Waals surface area contributed by atoms with Crippen molar-refractivity contribution in [3.05, 3.63) is 0 Å². The zero-order valence-corrected chi connectivity index (χ0v) is 14.0. The molecular formula is C17H33N3O. The molecule has 0 saturated carbocycles. The molecule has 3 atom stereocenters. The summed E-state index contributed by atoms with van der Waals surface area (Å²) in [4.78, 5) is 14.6. The molecule has 2 N–H and O–H groups in total. The molecule has 0 aromatic carbocycles. The standard InChI is InChI=1S/C17H33N3O/c1-4-13(3)19-17(21)9-10-20-15-7-6-8-16(20)12-14(11-15)18-5-2/h13-16,18H,4-12H2,1-3H3,(H,19,21). The van der Waals surface area contributed by atoms with E-state index in [2.05, 4.69) is 36.3 Å². The minimum absolute atomic E-state index is 0.219. The van der Waals surface area contributed by atoms with E-state index >= 15 is 0 Å². The lowest BCUT2D eigenvalue weighted by Crippen LogP contribution is -2.56. The van der Waals surface area contributed by atoms with Gasteiger partial charge in [0.2, 0.25) is 5.91 Å². The summed E-state index contributed by atoms with van der Waals surface area (Å²) >= 11 is 0. The summed E-state index contributed by atoms with van der Waals surface area (Å²) in [5.74, 6) is 0.219. The molecule has 2 aliphatic rings. The van der Waals surface area contributed by atoms with Gasteiger partial charge in [0.1, 0.15) is 0 Å². The van der Waals surface area contributed by atoms with E-state index in [1.54, 1.807) is 0 Å². The molecule has 2 rings (SSSR count). The van der Waals surface area contributed by atoms with Crippen LogP contribution >= 0.6 is 0 Å². The second kappa shape index (κ2) is 8.14. The van der Waals surface area contributed by atoms with Crippen molar-refractivity contribution in [3.63, 3.8) is 0 Å². The first-order valence-electron chi connectivity index (χ1n) is 8.92. The van der Waals surface area contributed by atoms with Gasteiger partial charge in [-0.25, -0.2) is 0 Å². The zero-order valence-electron chi connectivity index (χ0n) is 14.0. The SMILES string of the molecule is CCNC1CC2CCCC(C1)N2CCC(=O)NC(C)CC. The number of amides is 1. The minimum atomic E-state index is 0.219. The molecule has 0 aromatic rings. The van der Waals surface area contributed by atoms with Gasteiger partial charge in [0.15, 0.2) is 0 Å². The molecule has 21 heavy (non-hydrogen) atoms. The van der Waals surface area contributed by atoms with Gasteiger partial charge in [0.25, 0.3) is 0 Å². The van der Waals surface area contributed by atoms with Crippen molar-refractivity contribution < 1.29 is 4.79 Å². The first-order valence-corrected chi connectivity index (χ1v) is 8.92. The Kier molecular flexibility index (Phi) is 6.49. The third-order valence-electron chi connectivity index (χ3n) is 5.24. The predicted molar refractivity (Wildman–Crippen MR) is 87.3 cm³/mol. The first-order chi connectivity index (χ1) is 10.1. The molecular weight excluding hydrogens is 262 g/mol. The minimum Gasteiger partial charge on any atom is -0.354 e. The Morgan fingerprint density at radius 1 is 1.24 bits per heavy atom. The monoisotopic (exact) mass is 295 g/mol. The quantitative estimate of drug-likeness (QED) is 0.757. The van der Waals surface area contributed by atoms with Gasteiger partial charge >= 0.3 is 0 Å². The lowest BCUT2D eigenvalue weighted by Gasteiger charge is -2.49. The topological polar surface area (TPSA) is 44.4 Å². The van der Waals surface area contributed by atoms with Crippen molar-refractivity contribution in [2.24, 2.45) is 0 Å². The van der Waals surface area contributed by atoms with Crippen LogP contribution < -0.4 is 10.6 Å². The Morgan fingerprint density at radius 2 is 1.90 bits per heavy atom. The van der Waals surface area contributed by atoms with Crippen LogP contribution in [0.25, 0.3) is 0 Å². The Labute approximate surface area is 130 Å². The molecule has 0 spiro atoms. The van der Waals surface area contributed by atoms with E-state index in [0.717, 1.165) is 19.5 Å². The van der Waals surface area contributed by atoms with E-state index in [0.29, 0.717) is 30.6 Å². The summed E-state index contributed by atoms with van der Waals surface area (Å²) in [5.41, 5.74) is 0. The average molecular weight is 295 g/mol. The summed E-state index contributed by atoms with van der Waals surface area (Å²) in [6.45, 7) is 8.40.